The minimum absolute atomic E-state index is 0.129. The number of H-pyrrole nitrogens is 1. The lowest BCUT2D eigenvalue weighted by Gasteiger charge is -2.06. The van der Waals surface area contributed by atoms with E-state index >= 15 is 0 Å². The Kier molecular flexibility index (Phi) is 4.12. The first-order valence-electron chi connectivity index (χ1n) is 7.37. The fourth-order valence-electron chi connectivity index (χ4n) is 2.55. The highest BCUT2D eigenvalue weighted by atomic mass is 19.1. The third kappa shape index (κ3) is 3.10. The molecule has 0 aliphatic heterocycles. The lowest BCUT2D eigenvalue weighted by molar-refractivity contribution is 0.303. The molecule has 2 aromatic heterocycles. The van der Waals surface area contributed by atoms with Gasteiger partial charge in [0.1, 0.15) is 11.3 Å². The first kappa shape index (κ1) is 15.2. The molecule has 23 heavy (non-hydrogen) atoms. The summed E-state index contributed by atoms with van der Waals surface area (Å²) in [5.74, 6) is -0.437. The number of hydrogen-bond donors (Lipinski definition) is 2. The average molecular weight is 312 g/mol. The molecule has 1 aromatic carbocycles. The van der Waals surface area contributed by atoms with Crippen molar-refractivity contribution in [3.63, 3.8) is 0 Å². The molecule has 3 aromatic rings. The van der Waals surface area contributed by atoms with Gasteiger partial charge in [-0.2, -0.15) is 0 Å². The highest BCUT2D eigenvalue weighted by Crippen LogP contribution is 2.21. The van der Waals surface area contributed by atoms with Gasteiger partial charge in [-0.15, -0.1) is 0 Å². The van der Waals surface area contributed by atoms with E-state index in [1.807, 2.05) is 37.3 Å². The molecule has 0 aliphatic rings. The maximum Gasteiger partial charge on any atom is 0.272 e. The number of nitrogens with zero attached hydrogens (tertiary/aromatic N) is 1. The molecule has 0 spiro atoms. The number of allylic oxidation sites excluding steroid dienone is 1. The van der Waals surface area contributed by atoms with Crippen LogP contribution in [0.2, 0.25) is 0 Å². The summed E-state index contributed by atoms with van der Waals surface area (Å²) in [7, 11) is 0. The summed E-state index contributed by atoms with van der Waals surface area (Å²) in [5.41, 5.74) is 3.57. The summed E-state index contributed by atoms with van der Waals surface area (Å²) in [6.07, 6.45) is 5.58. The summed E-state index contributed by atoms with van der Waals surface area (Å²) in [4.78, 5) is 14.8. The van der Waals surface area contributed by atoms with Gasteiger partial charge in [-0.3, -0.25) is 4.79 Å². The van der Waals surface area contributed by atoms with E-state index in [1.54, 1.807) is 6.20 Å². The van der Waals surface area contributed by atoms with E-state index in [0.29, 0.717) is 12.1 Å². The van der Waals surface area contributed by atoms with Crippen LogP contribution in [0.1, 0.15) is 18.9 Å². The van der Waals surface area contributed by atoms with Crippen molar-refractivity contribution >= 4 is 11.1 Å². The SMILES string of the molecule is C/C(=C/CCO)c1ccc(-c2cn3cc(F)cc3c(=O)[nH]2)cc1. The van der Waals surface area contributed by atoms with Gasteiger partial charge in [0.2, 0.25) is 0 Å². The van der Waals surface area contributed by atoms with Crippen molar-refractivity contribution in [2.24, 2.45) is 0 Å². The fourth-order valence-corrected chi connectivity index (χ4v) is 2.55. The average Bonchev–Trinajstić information content (AvgIpc) is 2.93. The number of fused-ring (bicyclic) bond motifs is 1. The van der Waals surface area contributed by atoms with Crippen molar-refractivity contribution in [1.82, 2.24) is 9.38 Å². The van der Waals surface area contributed by atoms with Crippen LogP contribution in [0.5, 0.6) is 0 Å². The van der Waals surface area contributed by atoms with Crippen LogP contribution in [0.3, 0.4) is 0 Å². The van der Waals surface area contributed by atoms with Gasteiger partial charge < -0.3 is 14.5 Å². The number of aliphatic hydroxyl groups excluding tert-OH is 1. The van der Waals surface area contributed by atoms with Crippen LogP contribution >= 0.6 is 0 Å². The fraction of sp³-hybridized carbons (Fsp3) is 0.167. The number of aromatic amines is 1. The van der Waals surface area contributed by atoms with Crippen LogP contribution in [0.25, 0.3) is 22.3 Å². The summed E-state index contributed by atoms with van der Waals surface area (Å²) in [6.45, 7) is 2.12. The van der Waals surface area contributed by atoms with Gasteiger partial charge in [0.15, 0.2) is 0 Å². The molecule has 0 aliphatic carbocycles. The molecular weight excluding hydrogens is 295 g/mol. The van der Waals surface area contributed by atoms with Crippen molar-refractivity contribution in [3.8, 4) is 11.3 Å². The molecule has 0 unspecified atom stereocenters. The number of benzene rings is 1. The Labute approximate surface area is 132 Å². The van der Waals surface area contributed by atoms with E-state index in [2.05, 4.69) is 4.98 Å². The smallest absolute Gasteiger partial charge is 0.272 e. The van der Waals surface area contributed by atoms with E-state index < -0.39 is 5.82 Å². The molecule has 118 valence electrons. The van der Waals surface area contributed by atoms with E-state index in [4.69, 9.17) is 5.11 Å². The van der Waals surface area contributed by atoms with Crippen LogP contribution in [0, 0.1) is 5.82 Å². The molecule has 0 atom stereocenters. The molecule has 0 saturated carbocycles. The third-order valence-electron chi connectivity index (χ3n) is 3.80. The van der Waals surface area contributed by atoms with Gasteiger partial charge in [0, 0.05) is 25.1 Å². The normalized spacial score (nSPS) is 12.0. The number of nitrogens with one attached hydrogen (secondary N) is 1. The first-order valence-corrected chi connectivity index (χ1v) is 7.37. The molecule has 5 heteroatoms. The van der Waals surface area contributed by atoms with Crippen molar-refractivity contribution in [3.05, 3.63) is 70.5 Å². The number of aromatic nitrogens is 2. The Morgan fingerprint density at radius 2 is 2.04 bits per heavy atom. The molecule has 4 nitrogen and oxygen atoms in total. The largest absolute Gasteiger partial charge is 0.396 e. The van der Waals surface area contributed by atoms with Crippen LogP contribution in [-0.4, -0.2) is 21.1 Å². The molecular formula is C18H17FN2O2. The predicted molar refractivity (Wildman–Crippen MR) is 88.8 cm³/mol. The molecule has 0 amide bonds. The maximum atomic E-state index is 13.3. The molecule has 3 rings (SSSR count). The minimum atomic E-state index is -0.437. The van der Waals surface area contributed by atoms with Crippen LogP contribution in [0.15, 0.2) is 53.6 Å². The van der Waals surface area contributed by atoms with Gasteiger partial charge in [0.05, 0.1) is 5.69 Å². The Bertz CT molecular complexity index is 920. The summed E-state index contributed by atoms with van der Waals surface area (Å²) in [6, 6.07) is 8.93. The van der Waals surface area contributed by atoms with Crippen molar-refractivity contribution in [2.45, 2.75) is 13.3 Å². The quantitative estimate of drug-likeness (QED) is 0.777. The highest BCUT2D eigenvalue weighted by molar-refractivity contribution is 5.68. The monoisotopic (exact) mass is 312 g/mol. The minimum Gasteiger partial charge on any atom is -0.396 e. The predicted octanol–water partition coefficient (Wildman–Crippen LogP) is 3.22. The van der Waals surface area contributed by atoms with Crippen LogP contribution in [-0.2, 0) is 0 Å². The second kappa shape index (κ2) is 6.22. The molecule has 2 N–H and O–H groups in total. The second-order valence-corrected chi connectivity index (χ2v) is 5.42. The van der Waals surface area contributed by atoms with E-state index in [-0.39, 0.29) is 17.7 Å². The summed E-state index contributed by atoms with van der Waals surface area (Å²) < 4.78 is 14.8. The lowest BCUT2D eigenvalue weighted by atomic mass is 10.0. The highest BCUT2D eigenvalue weighted by Gasteiger charge is 2.07. The van der Waals surface area contributed by atoms with Crippen molar-refractivity contribution in [1.29, 1.82) is 0 Å². The van der Waals surface area contributed by atoms with E-state index in [1.165, 1.54) is 16.7 Å². The zero-order valence-electron chi connectivity index (χ0n) is 12.7. The number of aliphatic hydroxyl groups is 1. The summed E-state index contributed by atoms with van der Waals surface area (Å²) in [5, 5.41) is 8.86. The Morgan fingerprint density at radius 3 is 2.74 bits per heavy atom. The molecule has 0 saturated heterocycles. The molecule has 0 bridgehead atoms. The summed E-state index contributed by atoms with van der Waals surface area (Å²) >= 11 is 0. The first-order chi connectivity index (χ1) is 11.1. The van der Waals surface area contributed by atoms with Gasteiger partial charge in [-0.25, -0.2) is 4.39 Å². The zero-order valence-corrected chi connectivity index (χ0v) is 12.7. The maximum absolute atomic E-state index is 13.3. The molecule has 0 radical (unpaired) electrons. The topological polar surface area (TPSA) is 57.5 Å². The van der Waals surface area contributed by atoms with Crippen molar-refractivity contribution < 1.29 is 9.50 Å². The number of hydrogen-bond acceptors (Lipinski definition) is 2. The van der Waals surface area contributed by atoms with Gasteiger partial charge >= 0.3 is 0 Å². The van der Waals surface area contributed by atoms with Crippen LogP contribution < -0.4 is 5.56 Å². The van der Waals surface area contributed by atoms with Gasteiger partial charge in [-0.05, 0) is 30.0 Å². The molecule has 0 fully saturated rings. The van der Waals surface area contributed by atoms with Gasteiger partial charge in [0.25, 0.3) is 5.56 Å². The van der Waals surface area contributed by atoms with Crippen LogP contribution in [0.4, 0.5) is 4.39 Å². The number of halogens is 1. The van der Waals surface area contributed by atoms with E-state index in [9.17, 15) is 9.18 Å². The number of rotatable bonds is 4. The standard InChI is InChI=1S/C18H17FN2O2/c1-12(3-2-8-22)13-4-6-14(7-5-13)16-11-21-10-15(19)9-17(21)18(23)20-16/h3-7,9-11,22H,2,8H2,1H3,(H,20,23)/b12-3-. The zero-order chi connectivity index (χ0) is 16.4. The van der Waals surface area contributed by atoms with Gasteiger partial charge in [-0.1, -0.05) is 30.3 Å². The Morgan fingerprint density at radius 1 is 1.30 bits per heavy atom. The Balaban J connectivity index is 1.97. The molecule has 2 heterocycles. The Hall–Kier alpha value is -2.66. The van der Waals surface area contributed by atoms with E-state index in [0.717, 1.165) is 16.7 Å². The lowest BCUT2D eigenvalue weighted by Crippen LogP contribution is -2.09. The third-order valence-corrected chi connectivity index (χ3v) is 3.80. The van der Waals surface area contributed by atoms with Crippen molar-refractivity contribution in [2.75, 3.05) is 6.61 Å². The second-order valence-electron chi connectivity index (χ2n) is 5.42.